The first-order chi connectivity index (χ1) is 15.1. The molecule has 1 fully saturated rings. The van der Waals surface area contributed by atoms with Crippen molar-refractivity contribution in [2.45, 2.75) is 32.2 Å². The summed E-state index contributed by atoms with van der Waals surface area (Å²) in [4.78, 5) is 17.9. The molecule has 1 aliphatic heterocycles. The molecule has 3 heteroatoms. The van der Waals surface area contributed by atoms with E-state index in [1.807, 2.05) is 18.2 Å². The molecule has 4 rings (SSSR count). The van der Waals surface area contributed by atoms with Crippen LogP contribution in [-0.4, -0.2) is 48.4 Å². The van der Waals surface area contributed by atoms with Crippen molar-refractivity contribution in [3.8, 4) is 11.1 Å². The molecule has 1 unspecified atom stereocenters. The van der Waals surface area contributed by atoms with Crippen LogP contribution in [0.2, 0.25) is 0 Å². The molecule has 3 aromatic rings. The highest BCUT2D eigenvalue weighted by atomic mass is 16.2. The van der Waals surface area contributed by atoms with Gasteiger partial charge in [-0.2, -0.15) is 0 Å². The summed E-state index contributed by atoms with van der Waals surface area (Å²) in [5, 5.41) is 0. The molecule has 0 aliphatic carbocycles. The molecule has 3 nitrogen and oxygen atoms in total. The number of carbonyl (C=O) groups excluding carboxylic acids is 1. The topological polar surface area (TPSA) is 23.6 Å². The zero-order valence-corrected chi connectivity index (χ0v) is 18.6. The summed E-state index contributed by atoms with van der Waals surface area (Å²) in [6.07, 6.45) is 3.26. The largest absolute Gasteiger partial charge is 0.337 e. The van der Waals surface area contributed by atoms with Crippen LogP contribution in [0.25, 0.3) is 11.1 Å². The maximum Gasteiger partial charge on any atom is 0.253 e. The molecule has 0 spiro atoms. The molecule has 160 valence electrons. The second-order valence-electron chi connectivity index (χ2n) is 8.71. The summed E-state index contributed by atoms with van der Waals surface area (Å²) in [7, 11) is 2.17. The smallest absolute Gasteiger partial charge is 0.253 e. The first kappa shape index (κ1) is 21.3. The second-order valence-corrected chi connectivity index (χ2v) is 8.71. The number of nitrogens with zero attached hydrogens (tertiary/aromatic N) is 2. The average Bonchev–Trinajstić information content (AvgIpc) is 3.22. The highest BCUT2D eigenvalue weighted by Crippen LogP contribution is 2.22. The maximum atomic E-state index is 13.5. The van der Waals surface area contributed by atoms with E-state index in [1.54, 1.807) is 0 Å². The molecule has 0 aromatic heterocycles. The van der Waals surface area contributed by atoms with Crippen LogP contribution in [-0.2, 0) is 6.42 Å². The summed E-state index contributed by atoms with van der Waals surface area (Å²) in [6.45, 7) is 4.75. The van der Waals surface area contributed by atoms with Crippen molar-refractivity contribution in [3.05, 3.63) is 95.6 Å². The van der Waals surface area contributed by atoms with Gasteiger partial charge in [-0.15, -0.1) is 0 Å². The Morgan fingerprint density at radius 1 is 0.935 bits per heavy atom. The van der Waals surface area contributed by atoms with Crippen molar-refractivity contribution in [2.75, 3.05) is 26.7 Å². The molecule has 1 heterocycles. The van der Waals surface area contributed by atoms with Gasteiger partial charge in [-0.3, -0.25) is 4.79 Å². The van der Waals surface area contributed by atoms with Crippen LogP contribution in [0.5, 0.6) is 0 Å². The van der Waals surface area contributed by atoms with Crippen molar-refractivity contribution in [3.63, 3.8) is 0 Å². The van der Waals surface area contributed by atoms with Gasteiger partial charge < -0.3 is 9.80 Å². The lowest BCUT2D eigenvalue weighted by molar-refractivity contribution is 0.0717. The molecule has 1 atom stereocenters. The summed E-state index contributed by atoms with van der Waals surface area (Å²) in [6, 6.07) is 27.5. The summed E-state index contributed by atoms with van der Waals surface area (Å²) >= 11 is 0. The summed E-state index contributed by atoms with van der Waals surface area (Å²) in [5.74, 6) is 0.131. The van der Waals surface area contributed by atoms with E-state index in [4.69, 9.17) is 0 Å². The number of aryl methyl sites for hydroxylation is 1. The summed E-state index contributed by atoms with van der Waals surface area (Å²) < 4.78 is 0. The van der Waals surface area contributed by atoms with E-state index in [2.05, 4.69) is 84.4 Å². The Morgan fingerprint density at radius 2 is 1.58 bits per heavy atom. The number of carbonyl (C=O) groups is 1. The Morgan fingerprint density at radius 3 is 2.19 bits per heavy atom. The molecular weight excluding hydrogens is 380 g/mol. The van der Waals surface area contributed by atoms with Gasteiger partial charge >= 0.3 is 0 Å². The first-order valence-electron chi connectivity index (χ1n) is 11.3. The monoisotopic (exact) mass is 412 g/mol. The van der Waals surface area contributed by atoms with E-state index in [0.29, 0.717) is 6.04 Å². The third-order valence-electron chi connectivity index (χ3n) is 6.42. The molecule has 31 heavy (non-hydrogen) atoms. The van der Waals surface area contributed by atoms with Gasteiger partial charge in [0.05, 0.1) is 0 Å². The van der Waals surface area contributed by atoms with Crippen LogP contribution in [0.15, 0.2) is 78.9 Å². The van der Waals surface area contributed by atoms with Crippen molar-refractivity contribution in [1.29, 1.82) is 0 Å². The molecule has 0 saturated carbocycles. The Hall–Kier alpha value is -2.91. The Balaban J connectivity index is 1.50. The van der Waals surface area contributed by atoms with Gasteiger partial charge in [0.2, 0.25) is 0 Å². The molecule has 1 aliphatic rings. The van der Waals surface area contributed by atoms with Gasteiger partial charge in [0.25, 0.3) is 5.91 Å². The van der Waals surface area contributed by atoms with E-state index < -0.39 is 0 Å². The van der Waals surface area contributed by atoms with Crippen LogP contribution < -0.4 is 0 Å². The molecule has 0 N–H and O–H groups in total. The van der Waals surface area contributed by atoms with Crippen LogP contribution in [0.1, 0.15) is 34.3 Å². The Labute approximate surface area is 186 Å². The minimum Gasteiger partial charge on any atom is -0.337 e. The number of hydrogen-bond acceptors (Lipinski definition) is 2. The molecule has 0 bridgehead atoms. The number of amides is 1. The lowest BCUT2D eigenvalue weighted by atomic mass is 10.0. The van der Waals surface area contributed by atoms with Gasteiger partial charge in [-0.05, 0) is 68.6 Å². The van der Waals surface area contributed by atoms with Gasteiger partial charge in [-0.1, -0.05) is 72.3 Å². The number of rotatable bonds is 7. The van der Waals surface area contributed by atoms with Crippen molar-refractivity contribution in [2.24, 2.45) is 0 Å². The minimum atomic E-state index is 0.131. The van der Waals surface area contributed by atoms with E-state index in [1.165, 1.54) is 23.1 Å². The van der Waals surface area contributed by atoms with Crippen molar-refractivity contribution < 1.29 is 4.79 Å². The van der Waals surface area contributed by atoms with Crippen LogP contribution in [0, 0.1) is 6.92 Å². The molecule has 1 amide bonds. The minimum absolute atomic E-state index is 0.131. The third-order valence-corrected chi connectivity index (χ3v) is 6.42. The van der Waals surface area contributed by atoms with Gasteiger partial charge in [0.15, 0.2) is 0 Å². The van der Waals surface area contributed by atoms with Crippen LogP contribution in [0.4, 0.5) is 0 Å². The Kier molecular flexibility index (Phi) is 6.83. The third kappa shape index (κ3) is 5.42. The van der Waals surface area contributed by atoms with Crippen LogP contribution >= 0.6 is 0 Å². The van der Waals surface area contributed by atoms with E-state index in [0.717, 1.165) is 43.6 Å². The fourth-order valence-corrected chi connectivity index (χ4v) is 4.38. The van der Waals surface area contributed by atoms with Gasteiger partial charge in [-0.25, -0.2) is 0 Å². The second kappa shape index (κ2) is 9.93. The number of hydrogen-bond donors (Lipinski definition) is 0. The molecule has 1 saturated heterocycles. The lowest BCUT2D eigenvalue weighted by Crippen LogP contribution is -2.42. The van der Waals surface area contributed by atoms with Gasteiger partial charge in [0, 0.05) is 24.7 Å². The molecule has 0 radical (unpaired) electrons. The van der Waals surface area contributed by atoms with Crippen molar-refractivity contribution >= 4 is 5.91 Å². The zero-order valence-electron chi connectivity index (χ0n) is 18.6. The average molecular weight is 413 g/mol. The first-order valence-corrected chi connectivity index (χ1v) is 11.3. The number of benzene rings is 3. The predicted molar refractivity (Wildman–Crippen MR) is 128 cm³/mol. The molecule has 3 aromatic carbocycles. The van der Waals surface area contributed by atoms with E-state index in [-0.39, 0.29) is 5.91 Å². The van der Waals surface area contributed by atoms with E-state index >= 15 is 0 Å². The lowest BCUT2D eigenvalue weighted by Gasteiger charge is -2.29. The SMILES string of the molecule is Cc1ccc(-c2ccc(C(=O)N(CCc3ccccc3)CC3CCCN3C)cc2)cc1. The fraction of sp³-hybridized carbons (Fsp3) is 0.321. The van der Waals surface area contributed by atoms with E-state index in [9.17, 15) is 4.79 Å². The fourth-order valence-electron chi connectivity index (χ4n) is 4.38. The Bertz CT molecular complexity index is 980. The highest BCUT2D eigenvalue weighted by Gasteiger charge is 2.26. The maximum absolute atomic E-state index is 13.5. The summed E-state index contributed by atoms with van der Waals surface area (Å²) in [5.41, 5.74) is 5.61. The normalized spacial score (nSPS) is 16.4. The van der Waals surface area contributed by atoms with Crippen LogP contribution in [0.3, 0.4) is 0 Å². The zero-order chi connectivity index (χ0) is 21.6. The number of likely N-dealkylation sites (tertiary alicyclic amines) is 1. The van der Waals surface area contributed by atoms with Crippen molar-refractivity contribution in [1.82, 2.24) is 9.80 Å². The quantitative estimate of drug-likeness (QED) is 0.516. The highest BCUT2D eigenvalue weighted by molar-refractivity contribution is 5.94. The van der Waals surface area contributed by atoms with Gasteiger partial charge in [0.1, 0.15) is 0 Å². The predicted octanol–water partition coefficient (Wildman–Crippen LogP) is 5.44. The standard InChI is InChI=1S/C28H32N2O/c1-22-10-12-24(13-11-22)25-14-16-26(17-15-25)28(31)30(21-27-9-6-19-29(27)2)20-18-23-7-4-3-5-8-23/h3-5,7-8,10-17,27H,6,9,18-21H2,1-2H3. The number of likely N-dealkylation sites (N-methyl/N-ethyl adjacent to an activating group) is 1. The molecular formula is C28H32N2O.